The van der Waals surface area contributed by atoms with Crippen LogP contribution < -0.4 is 0 Å². The molecule has 0 aliphatic heterocycles. The lowest BCUT2D eigenvalue weighted by Gasteiger charge is -1.98. The Morgan fingerprint density at radius 2 is 2.23 bits per heavy atom. The summed E-state index contributed by atoms with van der Waals surface area (Å²) in [5, 5.41) is 18.7. The Labute approximate surface area is 73.4 Å². The van der Waals surface area contributed by atoms with Crippen LogP contribution in [0, 0.1) is 34.2 Å². The number of benzene rings is 1. The van der Waals surface area contributed by atoms with E-state index in [9.17, 15) is 14.5 Å². The summed E-state index contributed by atoms with van der Waals surface area (Å²) in [6.07, 6.45) is 0. The Kier molecular flexibility index (Phi) is 2.24. The smallest absolute Gasteiger partial charge is 0.258 e. The van der Waals surface area contributed by atoms with Gasteiger partial charge in [-0.25, -0.2) is 4.39 Å². The number of non-ortho nitro benzene ring substituents is 1. The summed E-state index contributed by atoms with van der Waals surface area (Å²) in [5.41, 5.74) is -0.214. The highest BCUT2D eigenvalue weighted by Gasteiger charge is 2.13. The van der Waals surface area contributed by atoms with Gasteiger partial charge >= 0.3 is 0 Å². The number of nitro groups is 1. The van der Waals surface area contributed by atoms with Gasteiger partial charge in [0.05, 0.1) is 16.6 Å². The summed E-state index contributed by atoms with van der Waals surface area (Å²) in [5.74, 6) is -0.853. The first kappa shape index (κ1) is 9.13. The van der Waals surface area contributed by atoms with Gasteiger partial charge < -0.3 is 0 Å². The zero-order valence-electron chi connectivity index (χ0n) is 6.74. The van der Waals surface area contributed by atoms with Crippen LogP contribution in [0.4, 0.5) is 10.1 Å². The molecule has 0 saturated carbocycles. The Balaban J connectivity index is 3.39. The van der Waals surface area contributed by atoms with Crippen LogP contribution in [-0.2, 0) is 0 Å². The highest BCUT2D eigenvalue weighted by Crippen LogP contribution is 2.19. The first-order valence-corrected chi connectivity index (χ1v) is 3.41. The first-order chi connectivity index (χ1) is 6.06. The molecule has 0 heterocycles. The van der Waals surface area contributed by atoms with Gasteiger partial charge in [0.25, 0.3) is 5.69 Å². The number of nitrogens with zero attached hydrogens (tertiary/aromatic N) is 2. The van der Waals surface area contributed by atoms with Gasteiger partial charge in [0.1, 0.15) is 11.9 Å². The van der Waals surface area contributed by atoms with Crippen molar-refractivity contribution in [2.75, 3.05) is 0 Å². The summed E-state index contributed by atoms with van der Waals surface area (Å²) in [7, 11) is 0. The minimum absolute atomic E-state index is 0.148. The number of hydrogen-bond acceptors (Lipinski definition) is 3. The van der Waals surface area contributed by atoms with Gasteiger partial charge in [-0.05, 0) is 12.5 Å². The highest BCUT2D eigenvalue weighted by atomic mass is 19.1. The summed E-state index contributed by atoms with van der Waals surface area (Å²) < 4.78 is 12.9. The summed E-state index contributed by atoms with van der Waals surface area (Å²) >= 11 is 0. The molecule has 0 aromatic heterocycles. The van der Waals surface area contributed by atoms with Crippen molar-refractivity contribution < 1.29 is 9.31 Å². The van der Waals surface area contributed by atoms with Gasteiger partial charge in [-0.2, -0.15) is 5.26 Å². The largest absolute Gasteiger partial charge is 0.272 e. The second kappa shape index (κ2) is 3.19. The van der Waals surface area contributed by atoms with Gasteiger partial charge in [-0.3, -0.25) is 10.1 Å². The maximum Gasteiger partial charge on any atom is 0.272 e. The summed E-state index contributed by atoms with van der Waals surface area (Å²) in [4.78, 5) is 9.56. The summed E-state index contributed by atoms with van der Waals surface area (Å²) in [6.45, 7) is 1.45. The maximum absolute atomic E-state index is 12.9. The standard InChI is InChI=1S/C8H5FN2O2/c1-5-2-6(11(12)13)3-8(9)7(5)4-10/h2-3H,1H3. The molecule has 0 aliphatic rings. The molecule has 1 aromatic rings. The van der Waals surface area contributed by atoms with Crippen molar-refractivity contribution in [2.24, 2.45) is 0 Å². The average Bonchev–Trinajstić information content (AvgIpc) is 2.03. The van der Waals surface area contributed by atoms with E-state index in [4.69, 9.17) is 5.26 Å². The molecule has 0 aliphatic carbocycles. The second-order valence-corrected chi connectivity index (χ2v) is 2.49. The molecule has 0 N–H and O–H groups in total. The molecule has 0 unspecified atom stereocenters. The molecular formula is C8H5FN2O2. The zero-order chi connectivity index (χ0) is 10.0. The fraction of sp³-hybridized carbons (Fsp3) is 0.125. The minimum Gasteiger partial charge on any atom is -0.258 e. The molecule has 0 radical (unpaired) electrons. The fourth-order valence-corrected chi connectivity index (χ4v) is 0.973. The topological polar surface area (TPSA) is 66.9 Å². The van der Waals surface area contributed by atoms with Crippen molar-refractivity contribution in [3.05, 3.63) is 39.2 Å². The van der Waals surface area contributed by atoms with Gasteiger partial charge in [-0.1, -0.05) is 0 Å². The number of aryl methyl sites for hydroxylation is 1. The second-order valence-electron chi connectivity index (χ2n) is 2.49. The molecule has 13 heavy (non-hydrogen) atoms. The van der Waals surface area contributed by atoms with Crippen LogP contribution in [-0.4, -0.2) is 4.92 Å². The molecule has 0 saturated heterocycles. The molecule has 0 fully saturated rings. The van der Waals surface area contributed by atoms with Crippen LogP contribution in [0.1, 0.15) is 11.1 Å². The number of nitro benzene ring substituents is 1. The van der Waals surface area contributed by atoms with Crippen molar-refractivity contribution in [3.63, 3.8) is 0 Å². The van der Waals surface area contributed by atoms with E-state index in [0.717, 1.165) is 6.07 Å². The normalized spacial score (nSPS) is 9.31. The molecule has 1 rings (SSSR count). The van der Waals surface area contributed by atoms with Crippen LogP contribution in [0.5, 0.6) is 0 Å². The van der Waals surface area contributed by atoms with E-state index < -0.39 is 10.7 Å². The van der Waals surface area contributed by atoms with Crippen molar-refractivity contribution in [3.8, 4) is 6.07 Å². The third-order valence-corrected chi connectivity index (χ3v) is 1.59. The third-order valence-electron chi connectivity index (χ3n) is 1.59. The highest BCUT2D eigenvalue weighted by molar-refractivity contribution is 5.45. The van der Waals surface area contributed by atoms with Crippen LogP contribution in [0.2, 0.25) is 0 Å². The van der Waals surface area contributed by atoms with Crippen molar-refractivity contribution >= 4 is 5.69 Å². The van der Waals surface area contributed by atoms with E-state index in [1.807, 2.05) is 0 Å². The predicted molar refractivity (Wildman–Crippen MR) is 42.5 cm³/mol. The number of halogens is 1. The minimum atomic E-state index is -0.853. The third kappa shape index (κ3) is 1.62. The van der Waals surface area contributed by atoms with E-state index in [1.54, 1.807) is 6.07 Å². The van der Waals surface area contributed by atoms with Gasteiger partial charge in [-0.15, -0.1) is 0 Å². The van der Waals surface area contributed by atoms with E-state index in [2.05, 4.69) is 0 Å². The molecule has 66 valence electrons. The molecular weight excluding hydrogens is 175 g/mol. The van der Waals surface area contributed by atoms with Gasteiger partial charge in [0.15, 0.2) is 0 Å². The van der Waals surface area contributed by atoms with E-state index in [-0.39, 0.29) is 16.8 Å². The van der Waals surface area contributed by atoms with Crippen LogP contribution >= 0.6 is 0 Å². The fourth-order valence-electron chi connectivity index (χ4n) is 0.973. The molecule has 0 amide bonds. The maximum atomic E-state index is 12.9. The zero-order valence-corrected chi connectivity index (χ0v) is 6.74. The Morgan fingerprint density at radius 3 is 2.62 bits per heavy atom. The van der Waals surface area contributed by atoms with Crippen molar-refractivity contribution in [2.45, 2.75) is 6.92 Å². The molecule has 1 aromatic carbocycles. The van der Waals surface area contributed by atoms with E-state index >= 15 is 0 Å². The quantitative estimate of drug-likeness (QED) is 0.489. The average molecular weight is 180 g/mol. The first-order valence-electron chi connectivity index (χ1n) is 3.41. The van der Waals surface area contributed by atoms with E-state index in [0.29, 0.717) is 0 Å². The molecule has 5 heteroatoms. The summed E-state index contributed by atoms with van der Waals surface area (Å²) in [6, 6.07) is 3.54. The predicted octanol–water partition coefficient (Wildman–Crippen LogP) is 1.91. The lowest BCUT2D eigenvalue weighted by atomic mass is 10.1. The van der Waals surface area contributed by atoms with Crippen LogP contribution in [0.25, 0.3) is 0 Å². The molecule has 0 spiro atoms. The number of hydrogen-bond donors (Lipinski definition) is 0. The lowest BCUT2D eigenvalue weighted by Crippen LogP contribution is -1.94. The molecule has 0 bridgehead atoms. The van der Waals surface area contributed by atoms with Crippen molar-refractivity contribution in [1.82, 2.24) is 0 Å². The Hall–Kier alpha value is -1.96. The monoisotopic (exact) mass is 180 g/mol. The van der Waals surface area contributed by atoms with Crippen LogP contribution in [0.3, 0.4) is 0 Å². The SMILES string of the molecule is Cc1cc([N+](=O)[O-])cc(F)c1C#N. The van der Waals surface area contributed by atoms with Gasteiger partial charge in [0, 0.05) is 6.07 Å². The number of nitriles is 1. The molecule has 4 nitrogen and oxygen atoms in total. The Bertz CT molecular complexity index is 386. The van der Waals surface area contributed by atoms with Crippen LogP contribution in [0.15, 0.2) is 12.1 Å². The van der Waals surface area contributed by atoms with Crippen molar-refractivity contribution in [1.29, 1.82) is 5.26 Å². The molecule has 0 atom stereocenters. The number of rotatable bonds is 1. The van der Waals surface area contributed by atoms with Gasteiger partial charge in [0.2, 0.25) is 0 Å². The lowest BCUT2D eigenvalue weighted by molar-refractivity contribution is -0.385. The van der Waals surface area contributed by atoms with E-state index in [1.165, 1.54) is 13.0 Å². The Morgan fingerprint density at radius 1 is 1.62 bits per heavy atom.